The second kappa shape index (κ2) is 4.71. The molecule has 0 aromatic carbocycles. The smallest absolute Gasteiger partial charge is 0.328 e. The number of aryl methyl sites for hydroxylation is 1. The molecule has 0 amide bonds. The summed E-state index contributed by atoms with van der Waals surface area (Å²) >= 11 is 0. The number of nitriles is 1. The van der Waals surface area contributed by atoms with E-state index in [1.165, 1.54) is 10.8 Å². The van der Waals surface area contributed by atoms with E-state index in [9.17, 15) is 9.59 Å². The molecule has 0 atom stereocenters. The van der Waals surface area contributed by atoms with Gasteiger partial charge in [-0.15, -0.1) is 0 Å². The topological polar surface area (TPSA) is 105 Å². The van der Waals surface area contributed by atoms with Gasteiger partial charge in [0, 0.05) is 12.6 Å². The van der Waals surface area contributed by atoms with Gasteiger partial charge in [0.15, 0.2) is 0 Å². The maximum atomic E-state index is 11.5. The number of rotatable bonds is 3. The van der Waals surface area contributed by atoms with Crippen molar-refractivity contribution in [3.63, 3.8) is 0 Å². The number of nitrogens with one attached hydrogen (secondary N) is 1. The first-order valence-corrected chi connectivity index (χ1v) is 5.31. The molecular weight excluding hydrogens is 236 g/mol. The zero-order chi connectivity index (χ0) is 13.1. The van der Waals surface area contributed by atoms with Gasteiger partial charge in [-0.05, 0) is 0 Å². The lowest BCUT2D eigenvalue weighted by atomic mass is 10.4. The molecule has 2 heterocycles. The summed E-state index contributed by atoms with van der Waals surface area (Å²) in [6, 6.07) is 1.71. The summed E-state index contributed by atoms with van der Waals surface area (Å²) in [7, 11) is 0. The van der Waals surface area contributed by atoms with E-state index in [1.807, 2.05) is 6.92 Å². The molecule has 7 nitrogen and oxygen atoms in total. The van der Waals surface area contributed by atoms with Crippen molar-refractivity contribution in [1.82, 2.24) is 14.5 Å². The van der Waals surface area contributed by atoms with Crippen LogP contribution in [0.15, 0.2) is 26.4 Å². The first-order valence-electron chi connectivity index (χ1n) is 5.31. The Balaban J connectivity index is 2.37. The number of aromatic nitrogens is 3. The summed E-state index contributed by atoms with van der Waals surface area (Å²) in [6.45, 7) is 1.99. The molecule has 2 aromatic rings. The number of aromatic amines is 1. The van der Waals surface area contributed by atoms with Crippen molar-refractivity contribution in [3.05, 3.63) is 50.4 Å². The van der Waals surface area contributed by atoms with Crippen LogP contribution >= 0.6 is 0 Å². The predicted molar refractivity (Wildman–Crippen MR) is 61.0 cm³/mol. The fourth-order valence-electron chi connectivity index (χ4n) is 1.44. The molecular formula is C11H10N4O3. The van der Waals surface area contributed by atoms with Gasteiger partial charge < -0.3 is 4.42 Å². The lowest BCUT2D eigenvalue weighted by Crippen LogP contribution is -2.31. The van der Waals surface area contributed by atoms with Crippen LogP contribution in [0.1, 0.15) is 24.1 Å². The van der Waals surface area contributed by atoms with E-state index < -0.39 is 11.2 Å². The Hall–Kier alpha value is -2.62. The van der Waals surface area contributed by atoms with E-state index in [1.54, 1.807) is 12.3 Å². The molecule has 0 unspecified atom stereocenters. The van der Waals surface area contributed by atoms with Crippen LogP contribution in [0.2, 0.25) is 0 Å². The monoisotopic (exact) mass is 246 g/mol. The third-order valence-electron chi connectivity index (χ3n) is 2.39. The molecule has 0 radical (unpaired) electrons. The van der Waals surface area contributed by atoms with Gasteiger partial charge in [-0.3, -0.25) is 14.3 Å². The molecule has 0 fully saturated rings. The van der Waals surface area contributed by atoms with Crippen LogP contribution in [0.25, 0.3) is 0 Å². The van der Waals surface area contributed by atoms with Crippen LogP contribution < -0.4 is 11.2 Å². The Morgan fingerprint density at radius 2 is 2.33 bits per heavy atom. The van der Waals surface area contributed by atoms with Crippen molar-refractivity contribution in [2.45, 2.75) is 19.9 Å². The van der Waals surface area contributed by atoms with Crippen LogP contribution in [0.3, 0.4) is 0 Å². The van der Waals surface area contributed by atoms with Crippen molar-refractivity contribution >= 4 is 0 Å². The molecule has 0 saturated carbocycles. The molecule has 2 rings (SSSR count). The highest BCUT2D eigenvalue weighted by Gasteiger charge is 2.08. The Morgan fingerprint density at radius 3 is 2.94 bits per heavy atom. The molecule has 2 aromatic heterocycles. The van der Waals surface area contributed by atoms with Gasteiger partial charge in [-0.1, -0.05) is 6.92 Å². The summed E-state index contributed by atoms with van der Waals surface area (Å²) in [5.41, 5.74) is -1.42. The summed E-state index contributed by atoms with van der Waals surface area (Å²) < 4.78 is 6.52. The first kappa shape index (κ1) is 11.9. The number of hydrogen-bond acceptors (Lipinski definition) is 5. The highest BCUT2D eigenvalue weighted by molar-refractivity contribution is 5.21. The van der Waals surface area contributed by atoms with Crippen LogP contribution in [-0.4, -0.2) is 14.5 Å². The largest absolute Gasteiger partial charge is 0.444 e. The van der Waals surface area contributed by atoms with Gasteiger partial charge in [-0.25, -0.2) is 9.78 Å². The lowest BCUT2D eigenvalue weighted by molar-refractivity contribution is 0.441. The second-order valence-corrected chi connectivity index (χ2v) is 3.62. The molecule has 1 N–H and O–H groups in total. The van der Waals surface area contributed by atoms with E-state index in [0.717, 1.165) is 0 Å². The summed E-state index contributed by atoms with van der Waals surface area (Å²) in [5.74, 6) is 1.06. The third-order valence-corrected chi connectivity index (χ3v) is 2.39. The fraction of sp³-hybridized carbons (Fsp3) is 0.273. The minimum atomic E-state index is -0.694. The molecule has 0 spiro atoms. The maximum Gasteiger partial charge on any atom is 0.328 e. The molecule has 7 heteroatoms. The Labute approximate surface area is 101 Å². The summed E-state index contributed by atoms with van der Waals surface area (Å²) in [6.07, 6.45) is 3.48. The van der Waals surface area contributed by atoms with E-state index in [-0.39, 0.29) is 12.1 Å². The molecule has 0 aliphatic heterocycles. The fourth-order valence-corrected chi connectivity index (χ4v) is 1.44. The van der Waals surface area contributed by atoms with Crippen LogP contribution in [-0.2, 0) is 13.0 Å². The van der Waals surface area contributed by atoms with Gasteiger partial charge in [-0.2, -0.15) is 5.26 Å². The van der Waals surface area contributed by atoms with Crippen LogP contribution in [0.4, 0.5) is 0 Å². The van der Waals surface area contributed by atoms with Gasteiger partial charge in [0.25, 0.3) is 5.56 Å². The number of nitrogens with zero attached hydrogens (tertiary/aromatic N) is 3. The highest BCUT2D eigenvalue weighted by Crippen LogP contribution is 2.04. The Morgan fingerprint density at radius 1 is 1.56 bits per heavy atom. The standard InChI is InChI=1S/C11H10N4O3/c1-2-8-4-13-9(18-8)6-15-5-7(3-12)10(16)14-11(15)17/h4-5H,2,6H2,1H3,(H,14,16,17). The Bertz CT molecular complexity index is 717. The number of hydrogen-bond donors (Lipinski definition) is 1. The summed E-state index contributed by atoms with van der Waals surface area (Å²) in [4.78, 5) is 28.8. The van der Waals surface area contributed by atoms with E-state index >= 15 is 0 Å². The van der Waals surface area contributed by atoms with Crippen molar-refractivity contribution in [2.75, 3.05) is 0 Å². The zero-order valence-electron chi connectivity index (χ0n) is 9.64. The van der Waals surface area contributed by atoms with Gasteiger partial charge in [0.05, 0.1) is 6.20 Å². The normalized spacial score (nSPS) is 10.2. The molecule has 0 aliphatic rings. The van der Waals surface area contributed by atoms with Gasteiger partial charge in [0.2, 0.25) is 5.89 Å². The number of oxazole rings is 1. The van der Waals surface area contributed by atoms with Crippen molar-refractivity contribution in [1.29, 1.82) is 5.26 Å². The van der Waals surface area contributed by atoms with E-state index in [2.05, 4.69) is 9.97 Å². The Kier molecular flexibility index (Phi) is 3.10. The van der Waals surface area contributed by atoms with Gasteiger partial charge >= 0.3 is 5.69 Å². The predicted octanol–water partition coefficient (Wildman–Crippen LogP) is 0.00698. The maximum absolute atomic E-state index is 11.5. The first-order chi connectivity index (χ1) is 8.63. The minimum Gasteiger partial charge on any atom is -0.444 e. The third kappa shape index (κ3) is 2.22. The lowest BCUT2D eigenvalue weighted by Gasteiger charge is -2.01. The quantitative estimate of drug-likeness (QED) is 0.821. The molecule has 18 heavy (non-hydrogen) atoms. The number of H-pyrrole nitrogens is 1. The van der Waals surface area contributed by atoms with Crippen molar-refractivity contribution in [3.8, 4) is 6.07 Å². The SMILES string of the molecule is CCc1cnc(Cn2cc(C#N)c(=O)[nH]c2=O)o1. The minimum absolute atomic E-state index is 0.0737. The van der Waals surface area contributed by atoms with E-state index in [0.29, 0.717) is 18.1 Å². The molecule has 0 saturated heterocycles. The van der Waals surface area contributed by atoms with Gasteiger partial charge in [0.1, 0.15) is 23.9 Å². The van der Waals surface area contributed by atoms with Crippen LogP contribution in [0, 0.1) is 11.3 Å². The zero-order valence-corrected chi connectivity index (χ0v) is 9.64. The van der Waals surface area contributed by atoms with Crippen LogP contribution in [0.5, 0.6) is 0 Å². The van der Waals surface area contributed by atoms with E-state index in [4.69, 9.17) is 9.68 Å². The van der Waals surface area contributed by atoms with Crippen molar-refractivity contribution in [2.24, 2.45) is 0 Å². The second-order valence-electron chi connectivity index (χ2n) is 3.62. The molecule has 0 bridgehead atoms. The molecule has 92 valence electrons. The summed E-state index contributed by atoms with van der Waals surface area (Å²) in [5, 5.41) is 8.72. The highest BCUT2D eigenvalue weighted by atomic mass is 16.4. The molecule has 0 aliphatic carbocycles. The average molecular weight is 246 g/mol. The average Bonchev–Trinajstić information content (AvgIpc) is 2.80. The van der Waals surface area contributed by atoms with Crippen molar-refractivity contribution < 1.29 is 4.42 Å².